The highest BCUT2D eigenvalue weighted by atomic mass is 19.2. The fraction of sp³-hybridized carbons (Fsp3) is 0.556. The molecule has 1 heterocycles. The molecule has 0 radical (unpaired) electrons. The van der Waals surface area contributed by atoms with Crippen LogP contribution in [0, 0.1) is 17.0 Å². The summed E-state index contributed by atoms with van der Waals surface area (Å²) in [6, 6.07) is 0.859. The van der Waals surface area contributed by atoms with Crippen LogP contribution >= 0.6 is 0 Å². The predicted molar refractivity (Wildman–Crippen MR) is 97.3 cm³/mol. The second kappa shape index (κ2) is 9.06. The quantitative estimate of drug-likeness (QED) is 0.365. The largest absolute Gasteiger partial charge is 0.547 e. The lowest BCUT2D eigenvalue weighted by molar-refractivity contribution is -0.193. The number of aliphatic hydroxyl groups is 1. The van der Waals surface area contributed by atoms with Crippen molar-refractivity contribution in [2.75, 3.05) is 6.79 Å². The molecule has 1 aromatic carbocycles. The number of ether oxygens (including phenoxy) is 2. The van der Waals surface area contributed by atoms with Crippen molar-refractivity contribution in [1.29, 1.82) is 0 Å². The van der Waals surface area contributed by atoms with Crippen LogP contribution < -0.4 is 9.97 Å². The van der Waals surface area contributed by atoms with E-state index in [9.17, 15) is 28.5 Å². The van der Waals surface area contributed by atoms with Gasteiger partial charge in [-0.1, -0.05) is 6.92 Å². The second-order valence-electron chi connectivity index (χ2n) is 7.63. The summed E-state index contributed by atoms with van der Waals surface area (Å²) < 4.78 is 43.4. The molecule has 0 bridgehead atoms. The third kappa shape index (κ3) is 5.43. The van der Waals surface area contributed by atoms with Gasteiger partial charge in [0, 0.05) is 6.42 Å². The van der Waals surface area contributed by atoms with Gasteiger partial charge >= 0.3 is 13.1 Å². The minimum absolute atomic E-state index is 0.0574. The van der Waals surface area contributed by atoms with E-state index in [1.54, 1.807) is 27.7 Å². The predicted octanol–water partition coefficient (Wildman–Crippen LogP) is 1.37. The first-order valence-corrected chi connectivity index (χ1v) is 9.07. The average Bonchev–Trinajstić information content (AvgIpc) is 2.63. The molecule has 0 fully saturated rings. The third-order valence-electron chi connectivity index (χ3n) is 4.25. The van der Waals surface area contributed by atoms with Gasteiger partial charge in [-0.15, -0.1) is 0 Å². The Morgan fingerprint density at radius 3 is 2.66 bits per heavy atom. The third-order valence-corrected chi connectivity index (χ3v) is 4.25. The minimum atomic E-state index is -2.03. The zero-order valence-corrected chi connectivity index (χ0v) is 16.6. The number of carbonyl (C=O) groups excluding carboxylic acids is 2. The van der Waals surface area contributed by atoms with Crippen LogP contribution in [-0.4, -0.2) is 41.9 Å². The molecule has 0 saturated heterocycles. The lowest BCUT2D eigenvalue weighted by Gasteiger charge is -2.30. The molecule has 1 amide bonds. The molecule has 1 aromatic rings. The Kier molecular flexibility index (Phi) is 7.20. The molecular weight excluding hydrogens is 391 g/mol. The first-order valence-electron chi connectivity index (χ1n) is 9.07. The monoisotopic (exact) mass is 415 g/mol. The Morgan fingerprint density at radius 2 is 2.07 bits per heavy atom. The standard InChI is InChI=1S/C18H24BF2NO7/c1-5-12(23)22-11-7-9-6-10(20)14(21)13(15(9)29-19(11)26)16(24)27-8-28-17(25)18(2,3)4/h6,11,16,24,26H,5,7-8H2,1-4H3,(H,22,23)/t11-,16?/m0/s1. The number of benzene rings is 1. The lowest BCUT2D eigenvalue weighted by Crippen LogP contribution is -2.53. The summed E-state index contributed by atoms with van der Waals surface area (Å²) in [6.45, 7) is 5.73. The number of fused-ring (bicyclic) bond motifs is 1. The number of halogens is 2. The molecule has 0 aliphatic carbocycles. The topological polar surface area (TPSA) is 114 Å². The van der Waals surface area contributed by atoms with E-state index in [0.29, 0.717) is 0 Å². The van der Waals surface area contributed by atoms with Crippen molar-refractivity contribution in [3.05, 3.63) is 28.8 Å². The van der Waals surface area contributed by atoms with Crippen LogP contribution in [0.1, 0.15) is 51.5 Å². The van der Waals surface area contributed by atoms with Gasteiger partial charge < -0.3 is 29.6 Å². The molecule has 0 spiro atoms. The summed E-state index contributed by atoms with van der Waals surface area (Å²) in [5.41, 5.74) is -1.37. The van der Waals surface area contributed by atoms with Gasteiger partial charge in [-0.2, -0.15) is 0 Å². The van der Waals surface area contributed by atoms with E-state index in [2.05, 4.69) is 5.32 Å². The Balaban J connectivity index is 2.21. The van der Waals surface area contributed by atoms with Crippen LogP contribution in [0.5, 0.6) is 5.75 Å². The van der Waals surface area contributed by atoms with E-state index in [-0.39, 0.29) is 30.1 Å². The van der Waals surface area contributed by atoms with Crippen molar-refractivity contribution in [1.82, 2.24) is 5.32 Å². The summed E-state index contributed by atoms with van der Waals surface area (Å²) in [5, 5.41) is 22.8. The maximum absolute atomic E-state index is 14.3. The lowest BCUT2D eigenvalue weighted by atomic mass is 9.72. The van der Waals surface area contributed by atoms with E-state index in [1.165, 1.54) is 0 Å². The van der Waals surface area contributed by atoms with Crippen molar-refractivity contribution in [3.63, 3.8) is 0 Å². The van der Waals surface area contributed by atoms with Gasteiger partial charge in [0.1, 0.15) is 5.75 Å². The summed E-state index contributed by atoms with van der Waals surface area (Å²) in [4.78, 5) is 23.3. The molecule has 11 heteroatoms. The molecule has 0 saturated carbocycles. The number of nitrogens with one attached hydrogen (secondary N) is 1. The highest BCUT2D eigenvalue weighted by Gasteiger charge is 2.39. The maximum atomic E-state index is 14.3. The molecule has 2 rings (SSSR count). The first-order chi connectivity index (χ1) is 13.5. The summed E-state index contributed by atoms with van der Waals surface area (Å²) in [7, 11) is -1.55. The second-order valence-corrected chi connectivity index (χ2v) is 7.63. The van der Waals surface area contributed by atoms with Gasteiger partial charge in [0.05, 0.1) is 16.9 Å². The van der Waals surface area contributed by atoms with Crippen LogP contribution in [0.2, 0.25) is 0 Å². The van der Waals surface area contributed by atoms with Crippen molar-refractivity contribution in [2.45, 2.75) is 52.8 Å². The average molecular weight is 415 g/mol. The van der Waals surface area contributed by atoms with Crippen LogP contribution in [0.15, 0.2) is 6.07 Å². The first kappa shape index (κ1) is 23.0. The molecule has 2 atom stereocenters. The molecule has 3 N–H and O–H groups in total. The van der Waals surface area contributed by atoms with Gasteiger partial charge in [-0.05, 0) is 38.8 Å². The van der Waals surface area contributed by atoms with E-state index in [1.807, 2.05) is 0 Å². The fourth-order valence-corrected chi connectivity index (χ4v) is 2.62. The summed E-state index contributed by atoms with van der Waals surface area (Å²) in [5.74, 6) is -4.85. The molecule has 8 nitrogen and oxygen atoms in total. The van der Waals surface area contributed by atoms with E-state index >= 15 is 0 Å². The number of esters is 1. The Hall–Kier alpha value is -2.24. The van der Waals surface area contributed by atoms with E-state index in [4.69, 9.17) is 14.1 Å². The molecule has 160 valence electrons. The maximum Gasteiger partial charge on any atom is 0.547 e. The van der Waals surface area contributed by atoms with Gasteiger partial charge in [-0.3, -0.25) is 9.59 Å². The van der Waals surface area contributed by atoms with Crippen LogP contribution in [-0.2, 0) is 25.5 Å². The number of hydrogen-bond donors (Lipinski definition) is 3. The summed E-state index contributed by atoms with van der Waals surface area (Å²) in [6.07, 6.45) is -1.92. The van der Waals surface area contributed by atoms with Crippen molar-refractivity contribution >= 4 is 19.0 Å². The zero-order valence-electron chi connectivity index (χ0n) is 16.6. The fourth-order valence-electron chi connectivity index (χ4n) is 2.62. The zero-order chi connectivity index (χ0) is 21.9. The van der Waals surface area contributed by atoms with Gasteiger partial charge in [0.15, 0.2) is 24.7 Å². The Bertz CT molecular complexity index is 784. The highest BCUT2D eigenvalue weighted by Crippen LogP contribution is 2.37. The molecular formula is C18H24BF2NO7. The van der Waals surface area contributed by atoms with Gasteiger partial charge in [-0.25, -0.2) is 8.78 Å². The van der Waals surface area contributed by atoms with Crippen molar-refractivity contribution in [3.8, 4) is 5.75 Å². The minimum Gasteiger partial charge on any atom is -0.534 e. The van der Waals surface area contributed by atoms with Crippen LogP contribution in [0.25, 0.3) is 0 Å². The van der Waals surface area contributed by atoms with Crippen molar-refractivity contribution < 1.29 is 42.6 Å². The Morgan fingerprint density at radius 1 is 1.41 bits per heavy atom. The molecule has 1 aliphatic heterocycles. The highest BCUT2D eigenvalue weighted by molar-refractivity contribution is 6.46. The van der Waals surface area contributed by atoms with Gasteiger partial charge in [0.25, 0.3) is 0 Å². The van der Waals surface area contributed by atoms with Crippen LogP contribution in [0.4, 0.5) is 8.78 Å². The number of amides is 1. The molecule has 0 aromatic heterocycles. The van der Waals surface area contributed by atoms with E-state index < -0.39 is 54.7 Å². The molecule has 1 aliphatic rings. The molecule has 1 unspecified atom stereocenters. The smallest absolute Gasteiger partial charge is 0.534 e. The van der Waals surface area contributed by atoms with Crippen LogP contribution in [0.3, 0.4) is 0 Å². The number of aliphatic hydroxyl groups excluding tert-OH is 1. The summed E-state index contributed by atoms with van der Waals surface area (Å²) >= 11 is 0. The van der Waals surface area contributed by atoms with E-state index in [0.717, 1.165) is 6.07 Å². The normalized spacial score (nSPS) is 17.2. The SMILES string of the molecule is CCC(=O)N[C@H]1Cc2cc(F)c(F)c(C(O)OCOC(=O)C(C)(C)C)c2OB1O. The van der Waals surface area contributed by atoms with Gasteiger partial charge in [0.2, 0.25) is 5.91 Å². The number of hydrogen-bond acceptors (Lipinski definition) is 7. The number of rotatable bonds is 6. The Labute approximate surface area is 167 Å². The molecule has 29 heavy (non-hydrogen) atoms. The number of carbonyl (C=O) groups is 2. The van der Waals surface area contributed by atoms with Crippen molar-refractivity contribution in [2.24, 2.45) is 5.41 Å².